The van der Waals surface area contributed by atoms with Crippen molar-refractivity contribution in [3.63, 3.8) is 0 Å². The second-order valence-corrected chi connectivity index (χ2v) is 8.43. The fourth-order valence-corrected chi connectivity index (χ4v) is 4.40. The van der Waals surface area contributed by atoms with Gasteiger partial charge in [0, 0.05) is 6.42 Å². The summed E-state index contributed by atoms with van der Waals surface area (Å²) in [6.45, 7) is 1.80. The third-order valence-electron chi connectivity index (χ3n) is 5.11. The smallest absolute Gasteiger partial charge is 0.349 e. The van der Waals surface area contributed by atoms with Crippen LogP contribution in [0.1, 0.15) is 26.4 Å². The molecule has 0 unspecified atom stereocenters. The van der Waals surface area contributed by atoms with E-state index >= 15 is 0 Å². The first kappa shape index (κ1) is 22.4. The number of carbonyl (C=O) groups excluding carboxylic acids is 2. The number of fused-ring (bicyclic) bond motifs is 1. The monoisotopic (exact) mass is 462 g/mol. The summed E-state index contributed by atoms with van der Waals surface area (Å²) in [7, 11) is 0. The van der Waals surface area contributed by atoms with Gasteiger partial charge in [-0.1, -0.05) is 60.7 Å². The molecule has 0 bridgehead atoms. The highest BCUT2D eigenvalue weighted by Crippen LogP contribution is 2.27. The summed E-state index contributed by atoms with van der Waals surface area (Å²) >= 11 is 1.11. The molecule has 0 aliphatic carbocycles. The van der Waals surface area contributed by atoms with E-state index in [0.717, 1.165) is 22.5 Å². The average Bonchev–Trinajstić information content (AvgIpc) is 3.18. The van der Waals surface area contributed by atoms with E-state index in [2.05, 4.69) is 4.98 Å². The molecule has 7 nitrogen and oxygen atoms in total. The van der Waals surface area contributed by atoms with Gasteiger partial charge >= 0.3 is 11.9 Å². The molecule has 0 aliphatic heterocycles. The van der Waals surface area contributed by atoms with Gasteiger partial charge in [0.1, 0.15) is 22.9 Å². The van der Waals surface area contributed by atoms with Gasteiger partial charge in [0.25, 0.3) is 5.56 Å². The van der Waals surface area contributed by atoms with Gasteiger partial charge in [-0.05, 0) is 23.6 Å². The van der Waals surface area contributed by atoms with E-state index < -0.39 is 17.5 Å². The van der Waals surface area contributed by atoms with Gasteiger partial charge in [-0.15, -0.1) is 11.3 Å². The van der Waals surface area contributed by atoms with Gasteiger partial charge in [-0.25, -0.2) is 9.78 Å². The van der Waals surface area contributed by atoms with Gasteiger partial charge in [0.15, 0.2) is 0 Å². The van der Waals surface area contributed by atoms with Crippen LogP contribution in [0, 0.1) is 6.92 Å². The van der Waals surface area contributed by atoms with Gasteiger partial charge in [-0.2, -0.15) is 0 Å². The Balaban J connectivity index is 1.43. The van der Waals surface area contributed by atoms with E-state index in [1.165, 1.54) is 10.9 Å². The molecular weight excluding hydrogens is 440 g/mol. The van der Waals surface area contributed by atoms with Crippen LogP contribution >= 0.6 is 11.3 Å². The van der Waals surface area contributed by atoms with Crippen LogP contribution in [0.25, 0.3) is 10.2 Å². The van der Waals surface area contributed by atoms with Crippen LogP contribution in [-0.2, 0) is 33.8 Å². The van der Waals surface area contributed by atoms with Crippen molar-refractivity contribution >= 4 is 33.5 Å². The summed E-state index contributed by atoms with van der Waals surface area (Å²) < 4.78 is 11.9. The van der Waals surface area contributed by atoms with Crippen molar-refractivity contribution in [2.24, 2.45) is 0 Å². The zero-order valence-electron chi connectivity index (χ0n) is 18.0. The standard InChI is InChI=1S/C25H22N2O5S/c1-17-21-23(33-22(17)25(30)32-15-19-10-6-3-7-11-19)26-16-27(24(21)29)14-20(28)31-13-12-18-8-4-2-5-9-18/h2-11,16H,12-15H2,1H3. The number of aromatic nitrogens is 2. The largest absolute Gasteiger partial charge is 0.464 e. The second-order valence-electron chi connectivity index (χ2n) is 7.43. The number of carbonyl (C=O) groups is 2. The quantitative estimate of drug-likeness (QED) is 0.369. The molecule has 33 heavy (non-hydrogen) atoms. The van der Waals surface area contributed by atoms with E-state index in [0.29, 0.717) is 27.1 Å². The van der Waals surface area contributed by atoms with E-state index in [4.69, 9.17) is 9.47 Å². The minimum Gasteiger partial charge on any atom is -0.464 e. The molecule has 0 radical (unpaired) electrons. The minimum atomic E-state index is -0.524. The van der Waals surface area contributed by atoms with Crippen molar-refractivity contribution in [2.45, 2.75) is 26.5 Å². The van der Waals surface area contributed by atoms with Gasteiger partial charge in [0.05, 0.1) is 18.3 Å². The predicted molar refractivity (Wildman–Crippen MR) is 125 cm³/mol. The highest BCUT2D eigenvalue weighted by atomic mass is 32.1. The molecule has 8 heteroatoms. The van der Waals surface area contributed by atoms with Crippen LogP contribution in [0.4, 0.5) is 0 Å². The minimum absolute atomic E-state index is 0.139. The Morgan fingerprint density at radius 1 is 0.970 bits per heavy atom. The first-order chi connectivity index (χ1) is 16.0. The van der Waals surface area contributed by atoms with Crippen molar-refractivity contribution in [3.8, 4) is 0 Å². The summed E-state index contributed by atoms with van der Waals surface area (Å²) in [4.78, 5) is 42.8. The van der Waals surface area contributed by atoms with E-state index in [-0.39, 0.29) is 19.8 Å². The van der Waals surface area contributed by atoms with Crippen molar-refractivity contribution < 1.29 is 19.1 Å². The third kappa shape index (κ3) is 5.35. The van der Waals surface area contributed by atoms with E-state index in [1.54, 1.807) is 6.92 Å². The molecular formula is C25H22N2O5S. The Morgan fingerprint density at radius 2 is 1.64 bits per heavy atom. The van der Waals surface area contributed by atoms with Crippen molar-refractivity contribution in [2.75, 3.05) is 6.61 Å². The molecule has 2 aromatic heterocycles. The molecule has 0 fully saturated rings. The predicted octanol–water partition coefficient (Wildman–Crippen LogP) is 3.91. The molecule has 0 saturated heterocycles. The van der Waals surface area contributed by atoms with Crippen LogP contribution in [0.2, 0.25) is 0 Å². The maximum atomic E-state index is 13.0. The van der Waals surface area contributed by atoms with Gasteiger partial charge < -0.3 is 9.47 Å². The second kappa shape index (κ2) is 10.2. The van der Waals surface area contributed by atoms with Gasteiger partial charge in [0.2, 0.25) is 0 Å². The summed E-state index contributed by atoms with van der Waals surface area (Å²) in [5, 5.41) is 0.311. The lowest BCUT2D eigenvalue weighted by atomic mass is 10.2. The topological polar surface area (TPSA) is 87.5 Å². The fourth-order valence-electron chi connectivity index (χ4n) is 3.37. The van der Waals surface area contributed by atoms with Crippen LogP contribution in [-0.4, -0.2) is 28.1 Å². The maximum Gasteiger partial charge on any atom is 0.349 e. The summed E-state index contributed by atoms with van der Waals surface area (Å²) in [5.41, 5.74) is 2.04. The Kier molecular flexibility index (Phi) is 6.95. The van der Waals surface area contributed by atoms with E-state index in [1.807, 2.05) is 60.7 Å². The molecule has 2 aromatic carbocycles. The Hall–Kier alpha value is -3.78. The first-order valence-electron chi connectivity index (χ1n) is 10.4. The highest BCUT2D eigenvalue weighted by Gasteiger charge is 2.21. The van der Waals surface area contributed by atoms with Crippen LogP contribution in [0.5, 0.6) is 0 Å². The normalized spacial score (nSPS) is 10.8. The van der Waals surface area contributed by atoms with Crippen molar-refractivity contribution in [1.29, 1.82) is 0 Å². The van der Waals surface area contributed by atoms with Crippen LogP contribution < -0.4 is 5.56 Å². The molecule has 0 amide bonds. The average molecular weight is 463 g/mol. The number of benzene rings is 2. The molecule has 4 rings (SSSR count). The highest BCUT2D eigenvalue weighted by molar-refractivity contribution is 7.20. The Bertz CT molecular complexity index is 1330. The molecule has 0 spiro atoms. The summed E-state index contributed by atoms with van der Waals surface area (Å²) in [6, 6.07) is 19.0. The third-order valence-corrected chi connectivity index (χ3v) is 6.29. The number of aryl methyl sites for hydroxylation is 1. The number of rotatable bonds is 8. The number of esters is 2. The Morgan fingerprint density at radius 3 is 2.33 bits per heavy atom. The number of hydrogen-bond acceptors (Lipinski definition) is 7. The van der Waals surface area contributed by atoms with Crippen LogP contribution in [0.3, 0.4) is 0 Å². The van der Waals surface area contributed by atoms with Crippen molar-refractivity contribution in [3.05, 3.63) is 98.9 Å². The number of nitrogens with zero attached hydrogens (tertiary/aromatic N) is 2. The fraction of sp³-hybridized carbons (Fsp3) is 0.200. The molecule has 2 heterocycles. The Labute approximate surface area is 194 Å². The number of thiophene rings is 1. The zero-order chi connectivity index (χ0) is 23.2. The zero-order valence-corrected chi connectivity index (χ0v) is 18.8. The van der Waals surface area contributed by atoms with E-state index in [9.17, 15) is 14.4 Å². The molecule has 168 valence electrons. The number of hydrogen-bond donors (Lipinski definition) is 0. The van der Waals surface area contributed by atoms with Gasteiger partial charge in [-0.3, -0.25) is 14.2 Å². The summed E-state index contributed by atoms with van der Waals surface area (Å²) in [6.07, 6.45) is 1.90. The lowest BCUT2D eigenvalue weighted by molar-refractivity contribution is -0.144. The molecule has 4 aromatic rings. The number of ether oxygens (including phenoxy) is 2. The van der Waals surface area contributed by atoms with Crippen LogP contribution in [0.15, 0.2) is 71.8 Å². The molecule has 0 saturated carbocycles. The molecule has 0 aliphatic rings. The first-order valence-corrected chi connectivity index (χ1v) is 11.2. The SMILES string of the molecule is Cc1c(C(=O)OCc2ccccc2)sc2ncn(CC(=O)OCCc3ccccc3)c(=O)c12. The summed E-state index contributed by atoms with van der Waals surface area (Å²) in [5.74, 6) is -1.03. The molecule has 0 N–H and O–H groups in total. The van der Waals surface area contributed by atoms with Crippen molar-refractivity contribution in [1.82, 2.24) is 9.55 Å². The lowest BCUT2D eigenvalue weighted by Gasteiger charge is -2.07. The maximum absolute atomic E-state index is 13.0. The lowest BCUT2D eigenvalue weighted by Crippen LogP contribution is -2.26. The molecule has 0 atom stereocenters.